The minimum absolute atomic E-state index is 0.0276. The Morgan fingerprint density at radius 3 is 2.64 bits per heavy atom. The van der Waals surface area contributed by atoms with E-state index in [0.717, 1.165) is 0 Å². The molecule has 25 heavy (non-hydrogen) atoms. The van der Waals surface area contributed by atoms with Gasteiger partial charge in [-0.25, -0.2) is 0 Å². The Morgan fingerprint density at radius 1 is 1.28 bits per heavy atom. The lowest BCUT2D eigenvalue weighted by Gasteiger charge is -2.22. The number of nitrogens with one attached hydrogen (secondary N) is 1. The Balaban J connectivity index is 1.83. The predicted molar refractivity (Wildman–Crippen MR) is 96.6 cm³/mol. The Hall–Kier alpha value is -2.28. The highest BCUT2D eigenvalue weighted by Gasteiger charge is 2.26. The van der Waals surface area contributed by atoms with Crippen LogP contribution in [0.4, 0.5) is 5.69 Å². The number of benzene rings is 1. The summed E-state index contributed by atoms with van der Waals surface area (Å²) in [6.07, 6.45) is 2.90. The van der Waals surface area contributed by atoms with Gasteiger partial charge in [0, 0.05) is 5.02 Å². The number of aromatic nitrogens is 2. The van der Waals surface area contributed by atoms with Crippen molar-refractivity contribution < 1.29 is 9.52 Å². The standard InChI is InChI=1S/C17H15Cl2N3O3/c1-17(24,14-3-2-8-25-14)10-20-13-9-21-22(16(23)15(13)19)12-6-4-11(18)5-7-12/h2-9,20,24H,10H2,1H3. The normalized spacial score (nSPS) is 13.4. The zero-order chi connectivity index (χ0) is 18.0. The first-order valence-corrected chi connectivity index (χ1v) is 8.18. The van der Waals surface area contributed by atoms with Gasteiger partial charge >= 0.3 is 0 Å². The van der Waals surface area contributed by atoms with Gasteiger partial charge in [0.25, 0.3) is 5.56 Å². The van der Waals surface area contributed by atoms with E-state index in [0.29, 0.717) is 22.2 Å². The summed E-state index contributed by atoms with van der Waals surface area (Å²) in [6.45, 7) is 1.68. The molecular formula is C17H15Cl2N3O3. The molecule has 0 amide bonds. The van der Waals surface area contributed by atoms with Crippen molar-refractivity contribution in [2.24, 2.45) is 0 Å². The van der Waals surface area contributed by atoms with Crippen LogP contribution in [0.5, 0.6) is 0 Å². The quantitative estimate of drug-likeness (QED) is 0.709. The molecule has 0 saturated heterocycles. The predicted octanol–water partition coefficient (Wildman–Crippen LogP) is 3.45. The van der Waals surface area contributed by atoms with Crippen molar-refractivity contribution in [1.29, 1.82) is 0 Å². The van der Waals surface area contributed by atoms with Gasteiger partial charge in [0.15, 0.2) is 0 Å². The van der Waals surface area contributed by atoms with E-state index in [1.165, 1.54) is 17.1 Å². The number of furan rings is 1. The molecule has 2 heterocycles. The summed E-state index contributed by atoms with van der Waals surface area (Å²) < 4.78 is 6.39. The summed E-state index contributed by atoms with van der Waals surface area (Å²) in [5, 5.41) is 18.0. The van der Waals surface area contributed by atoms with Gasteiger partial charge in [0.1, 0.15) is 16.4 Å². The summed E-state index contributed by atoms with van der Waals surface area (Å²) >= 11 is 12.0. The fourth-order valence-electron chi connectivity index (χ4n) is 2.26. The van der Waals surface area contributed by atoms with Gasteiger partial charge in [-0.05, 0) is 43.3 Å². The average Bonchev–Trinajstić information content (AvgIpc) is 3.13. The maximum absolute atomic E-state index is 12.4. The molecule has 0 fully saturated rings. The Labute approximate surface area is 153 Å². The first kappa shape index (κ1) is 17.5. The third-order valence-electron chi connectivity index (χ3n) is 3.67. The summed E-state index contributed by atoms with van der Waals surface area (Å²) in [4.78, 5) is 12.4. The number of rotatable bonds is 5. The lowest BCUT2D eigenvalue weighted by atomic mass is 10.0. The first-order valence-electron chi connectivity index (χ1n) is 7.42. The maximum Gasteiger partial charge on any atom is 0.292 e. The molecule has 1 unspecified atom stereocenters. The lowest BCUT2D eigenvalue weighted by molar-refractivity contribution is 0.0476. The van der Waals surface area contributed by atoms with E-state index in [9.17, 15) is 9.90 Å². The van der Waals surface area contributed by atoms with Gasteiger partial charge in [-0.15, -0.1) is 0 Å². The van der Waals surface area contributed by atoms with Crippen molar-refractivity contribution in [3.8, 4) is 5.69 Å². The third kappa shape index (κ3) is 3.71. The average molecular weight is 380 g/mol. The summed E-state index contributed by atoms with van der Waals surface area (Å²) in [7, 11) is 0. The molecule has 0 aliphatic heterocycles. The number of halogens is 2. The number of nitrogens with zero attached hydrogens (tertiary/aromatic N) is 2. The molecule has 0 spiro atoms. The number of hydrogen-bond donors (Lipinski definition) is 2. The second-order valence-corrected chi connectivity index (χ2v) is 6.48. The van der Waals surface area contributed by atoms with Crippen LogP contribution in [-0.4, -0.2) is 21.4 Å². The highest BCUT2D eigenvalue weighted by atomic mass is 35.5. The second-order valence-electron chi connectivity index (χ2n) is 5.67. The molecule has 2 aromatic heterocycles. The second kappa shape index (κ2) is 6.92. The van der Waals surface area contributed by atoms with E-state index in [2.05, 4.69) is 10.4 Å². The molecule has 0 aliphatic rings. The molecule has 3 rings (SSSR count). The Bertz CT molecular complexity index is 919. The summed E-state index contributed by atoms with van der Waals surface area (Å²) in [5.74, 6) is 0.401. The first-order chi connectivity index (χ1) is 11.9. The molecular weight excluding hydrogens is 365 g/mol. The monoisotopic (exact) mass is 379 g/mol. The minimum atomic E-state index is -1.27. The molecule has 130 valence electrons. The van der Waals surface area contributed by atoms with Crippen LogP contribution in [0.25, 0.3) is 5.69 Å². The molecule has 0 saturated carbocycles. The van der Waals surface area contributed by atoms with E-state index in [1.807, 2.05) is 0 Å². The molecule has 3 aromatic rings. The molecule has 0 bridgehead atoms. The lowest BCUT2D eigenvalue weighted by Crippen LogP contribution is -2.31. The highest BCUT2D eigenvalue weighted by molar-refractivity contribution is 6.33. The van der Waals surface area contributed by atoms with Crippen LogP contribution in [0.2, 0.25) is 10.0 Å². The van der Waals surface area contributed by atoms with Crippen molar-refractivity contribution in [3.63, 3.8) is 0 Å². The third-order valence-corrected chi connectivity index (χ3v) is 4.28. The van der Waals surface area contributed by atoms with Crippen molar-refractivity contribution in [2.45, 2.75) is 12.5 Å². The van der Waals surface area contributed by atoms with Crippen molar-refractivity contribution in [2.75, 3.05) is 11.9 Å². The molecule has 1 atom stereocenters. The molecule has 0 radical (unpaired) electrons. The van der Waals surface area contributed by atoms with Crippen molar-refractivity contribution in [3.05, 3.63) is 75.0 Å². The smallest absolute Gasteiger partial charge is 0.292 e. The van der Waals surface area contributed by atoms with Gasteiger partial charge in [-0.2, -0.15) is 9.78 Å². The topological polar surface area (TPSA) is 80.3 Å². The molecule has 1 aromatic carbocycles. The van der Waals surface area contributed by atoms with Gasteiger partial charge in [0.2, 0.25) is 0 Å². The van der Waals surface area contributed by atoms with Crippen LogP contribution < -0.4 is 10.9 Å². The van der Waals surface area contributed by atoms with Crippen LogP contribution in [0.15, 0.2) is 58.1 Å². The molecule has 6 nitrogen and oxygen atoms in total. The van der Waals surface area contributed by atoms with E-state index in [-0.39, 0.29) is 11.6 Å². The van der Waals surface area contributed by atoms with E-state index in [1.54, 1.807) is 43.3 Å². The zero-order valence-electron chi connectivity index (χ0n) is 13.2. The fraction of sp³-hybridized carbons (Fsp3) is 0.176. The highest BCUT2D eigenvalue weighted by Crippen LogP contribution is 2.23. The van der Waals surface area contributed by atoms with E-state index in [4.69, 9.17) is 27.6 Å². The van der Waals surface area contributed by atoms with Crippen molar-refractivity contribution in [1.82, 2.24) is 9.78 Å². The number of hydrogen-bond acceptors (Lipinski definition) is 5. The van der Waals surface area contributed by atoms with E-state index < -0.39 is 11.2 Å². The van der Waals surface area contributed by atoms with Crippen LogP contribution in [0, 0.1) is 0 Å². The van der Waals surface area contributed by atoms with Gasteiger partial charge in [-0.3, -0.25) is 4.79 Å². The SMILES string of the molecule is CC(O)(CNc1cnn(-c2ccc(Cl)cc2)c(=O)c1Cl)c1ccco1. The zero-order valence-corrected chi connectivity index (χ0v) is 14.8. The summed E-state index contributed by atoms with van der Waals surface area (Å²) in [5.41, 5.74) is -0.876. The Morgan fingerprint density at radius 2 is 2.00 bits per heavy atom. The largest absolute Gasteiger partial charge is 0.466 e. The number of anilines is 1. The molecule has 0 aliphatic carbocycles. The minimum Gasteiger partial charge on any atom is -0.466 e. The van der Waals surface area contributed by atoms with Crippen LogP contribution >= 0.6 is 23.2 Å². The van der Waals surface area contributed by atoms with E-state index >= 15 is 0 Å². The number of aliphatic hydroxyl groups is 1. The Kier molecular flexibility index (Phi) is 4.85. The maximum atomic E-state index is 12.4. The molecule has 2 N–H and O–H groups in total. The van der Waals surface area contributed by atoms with Crippen LogP contribution in [0.3, 0.4) is 0 Å². The van der Waals surface area contributed by atoms with Gasteiger partial charge < -0.3 is 14.8 Å². The summed E-state index contributed by atoms with van der Waals surface area (Å²) in [6, 6.07) is 10.0. The van der Waals surface area contributed by atoms with Gasteiger partial charge in [-0.1, -0.05) is 23.2 Å². The van der Waals surface area contributed by atoms with Crippen molar-refractivity contribution >= 4 is 28.9 Å². The van der Waals surface area contributed by atoms with Crippen LogP contribution in [-0.2, 0) is 5.60 Å². The fourth-order valence-corrected chi connectivity index (χ4v) is 2.58. The molecule has 8 heteroatoms. The van der Waals surface area contributed by atoms with Crippen LogP contribution in [0.1, 0.15) is 12.7 Å². The van der Waals surface area contributed by atoms with Gasteiger partial charge in [0.05, 0.1) is 30.4 Å².